The van der Waals surface area contributed by atoms with Gasteiger partial charge < -0.3 is 4.42 Å². The van der Waals surface area contributed by atoms with Gasteiger partial charge in [-0.05, 0) is 13.0 Å². The lowest BCUT2D eigenvalue weighted by molar-refractivity contribution is -0.139. The smallest absolute Gasteiger partial charge is 0.268 e. The molecule has 3 amide bonds. The first-order valence-electron chi connectivity index (χ1n) is 5.46. The number of nitrogens with two attached hydrogens (primary N) is 1. The number of hydrazine groups is 1. The zero-order valence-corrected chi connectivity index (χ0v) is 9.86. The topological polar surface area (TPSA) is 106 Å². The summed E-state index contributed by atoms with van der Waals surface area (Å²) in [6.07, 6.45) is 0.462. The van der Waals surface area contributed by atoms with Crippen LogP contribution in [0.5, 0.6) is 0 Å². The van der Waals surface area contributed by atoms with Crippen LogP contribution in [-0.4, -0.2) is 22.6 Å². The van der Waals surface area contributed by atoms with Crippen LogP contribution in [0.4, 0.5) is 0 Å². The summed E-state index contributed by atoms with van der Waals surface area (Å²) in [5.74, 6) is 4.89. The van der Waals surface area contributed by atoms with Crippen LogP contribution in [-0.2, 0) is 16.1 Å². The number of nitrogen functional groups attached to an aromatic ring is 1. The van der Waals surface area contributed by atoms with Gasteiger partial charge in [0.25, 0.3) is 5.91 Å². The number of likely N-dealkylation sites (tertiary alicyclic amines) is 1. The Bertz CT molecular complexity index is 504. The molecule has 1 fully saturated rings. The average Bonchev–Trinajstić information content (AvgIpc) is 2.86. The Labute approximate surface area is 103 Å². The van der Waals surface area contributed by atoms with Gasteiger partial charge >= 0.3 is 0 Å². The monoisotopic (exact) mass is 251 g/mol. The summed E-state index contributed by atoms with van der Waals surface area (Å²) in [4.78, 5) is 35.4. The maximum Gasteiger partial charge on any atom is 0.268 e. The number of nitrogens with one attached hydrogen (secondary N) is 1. The highest BCUT2D eigenvalue weighted by Crippen LogP contribution is 2.20. The van der Waals surface area contributed by atoms with Crippen molar-refractivity contribution >= 4 is 17.7 Å². The summed E-state index contributed by atoms with van der Waals surface area (Å²) in [5.41, 5.74) is 2.30. The molecule has 3 N–H and O–H groups in total. The average molecular weight is 251 g/mol. The van der Waals surface area contributed by atoms with Crippen LogP contribution in [0, 0.1) is 6.92 Å². The zero-order valence-electron chi connectivity index (χ0n) is 9.86. The lowest BCUT2D eigenvalue weighted by atomic mass is 10.2. The Morgan fingerprint density at radius 2 is 2.06 bits per heavy atom. The highest BCUT2D eigenvalue weighted by molar-refractivity contribution is 6.01. The number of nitrogens with zero attached hydrogens (tertiary/aromatic N) is 1. The van der Waals surface area contributed by atoms with Crippen molar-refractivity contribution in [3.8, 4) is 0 Å². The van der Waals surface area contributed by atoms with Crippen molar-refractivity contribution in [3.63, 3.8) is 0 Å². The van der Waals surface area contributed by atoms with Crippen LogP contribution in [0.25, 0.3) is 0 Å². The Morgan fingerprint density at radius 3 is 2.61 bits per heavy atom. The Morgan fingerprint density at radius 1 is 1.44 bits per heavy atom. The number of carbonyl (C=O) groups is 3. The second-order valence-electron chi connectivity index (χ2n) is 4.03. The van der Waals surface area contributed by atoms with Gasteiger partial charge in [0, 0.05) is 12.8 Å². The SMILES string of the molecule is Cc1oc(CN2C(=O)CCC2=O)cc1C(=O)NN. The number of rotatable bonds is 3. The van der Waals surface area contributed by atoms with Crippen molar-refractivity contribution < 1.29 is 18.8 Å². The molecule has 0 aromatic carbocycles. The second-order valence-corrected chi connectivity index (χ2v) is 4.03. The lowest BCUT2D eigenvalue weighted by Crippen LogP contribution is -2.30. The fourth-order valence-electron chi connectivity index (χ4n) is 1.88. The molecule has 0 bridgehead atoms. The third-order valence-corrected chi connectivity index (χ3v) is 2.81. The Balaban J connectivity index is 2.18. The van der Waals surface area contributed by atoms with E-state index in [4.69, 9.17) is 10.3 Å². The molecule has 0 radical (unpaired) electrons. The molecule has 7 heteroatoms. The highest BCUT2D eigenvalue weighted by atomic mass is 16.3. The first-order chi connectivity index (χ1) is 8.52. The van der Waals surface area contributed by atoms with Gasteiger partial charge in [-0.2, -0.15) is 0 Å². The minimum atomic E-state index is -0.471. The summed E-state index contributed by atoms with van der Waals surface area (Å²) in [7, 11) is 0. The van der Waals surface area contributed by atoms with Crippen molar-refractivity contribution in [1.29, 1.82) is 0 Å². The summed E-state index contributed by atoms with van der Waals surface area (Å²) >= 11 is 0. The highest BCUT2D eigenvalue weighted by Gasteiger charge is 2.30. The van der Waals surface area contributed by atoms with Crippen molar-refractivity contribution in [2.24, 2.45) is 5.84 Å². The van der Waals surface area contributed by atoms with E-state index >= 15 is 0 Å². The number of furan rings is 1. The van der Waals surface area contributed by atoms with Gasteiger partial charge in [-0.25, -0.2) is 5.84 Å². The van der Waals surface area contributed by atoms with Crippen LogP contribution in [0.15, 0.2) is 10.5 Å². The number of amides is 3. The van der Waals surface area contributed by atoms with Crippen LogP contribution in [0.1, 0.15) is 34.7 Å². The van der Waals surface area contributed by atoms with Crippen LogP contribution in [0.2, 0.25) is 0 Å². The van der Waals surface area contributed by atoms with E-state index in [1.54, 1.807) is 6.92 Å². The molecule has 0 atom stereocenters. The van der Waals surface area contributed by atoms with E-state index in [1.807, 2.05) is 5.43 Å². The van der Waals surface area contributed by atoms with E-state index in [0.29, 0.717) is 17.1 Å². The number of imide groups is 1. The normalized spacial score (nSPS) is 15.3. The molecular formula is C11H13N3O4. The van der Waals surface area contributed by atoms with Crippen LogP contribution >= 0.6 is 0 Å². The van der Waals surface area contributed by atoms with Gasteiger partial charge in [-0.3, -0.25) is 24.7 Å². The molecule has 1 aromatic rings. The molecular weight excluding hydrogens is 238 g/mol. The first kappa shape index (κ1) is 12.3. The fraction of sp³-hybridized carbons (Fsp3) is 0.364. The second kappa shape index (κ2) is 4.61. The summed E-state index contributed by atoms with van der Waals surface area (Å²) in [5, 5.41) is 0. The van der Waals surface area contributed by atoms with E-state index in [-0.39, 0.29) is 31.2 Å². The first-order valence-corrected chi connectivity index (χ1v) is 5.46. The van der Waals surface area contributed by atoms with Gasteiger partial charge in [0.05, 0.1) is 12.1 Å². The van der Waals surface area contributed by atoms with Crippen molar-refractivity contribution in [2.45, 2.75) is 26.3 Å². The maximum atomic E-state index is 11.4. The molecule has 0 spiro atoms. The molecule has 1 aliphatic rings. The van der Waals surface area contributed by atoms with Gasteiger partial charge in [-0.15, -0.1) is 0 Å². The van der Waals surface area contributed by atoms with Gasteiger partial charge in [0.15, 0.2) is 0 Å². The lowest BCUT2D eigenvalue weighted by Gasteiger charge is -2.10. The molecule has 1 saturated heterocycles. The third-order valence-electron chi connectivity index (χ3n) is 2.81. The molecule has 1 aromatic heterocycles. The largest absolute Gasteiger partial charge is 0.464 e. The van der Waals surface area contributed by atoms with Crippen molar-refractivity contribution in [3.05, 3.63) is 23.2 Å². The van der Waals surface area contributed by atoms with Gasteiger partial charge in [0.1, 0.15) is 11.5 Å². The van der Waals surface area contributed by atoms with E-state index in [9.17, 15) is 14.4 Å². The predicted octanol–water partition coefficient (Wildman–Crippen LogP) is -0.159. The zero-order chi connectivity index (χ0) is 13.3. The molecule has 0 unspecified atom stereocenters. The molecule has 1 aliphatic heterocycles. The number of hydrogen-bond acceptors (Lipinski definition) is 5. The van der Waals surface area contributed by atoms with Crippen LogP contribution in [0.3, 0.4) is 0 Å². The fourth-order valence-corrected chi connectivity index (χ4v) is 1.88. The van der Waals surface area contributed by atoms with Gasteiger partial charge in [0.2, 0.25) is 11.8 Å². The quantitative estimate of drug-likeness (QED) is 0.336. The Kier molecular flexibility index (Phi) is 3.15. The number of aryl methyl sites for hydroxylation is 1. The molecule has 2 rings (SSSR count). The van der Waals surface area contributed by atoms with E-state index in [0.717, 1.165) is 4.90 Å². The molecule has 18 heavy (non-hydrogen) atoms. The van der Waals surface area contributed by atoms with Crippen LogP contribution < -0.4 is 11.3 Å². The third kappa shape index (κ3) is 2.12. The van der Waals surface area contributed by atoms with Crippen molar-refractivity contribution in [1.82, 2.24) is 10.3 Å². The van der Waals surface area contributed by atoms with Crippen molar-refractivity contribution in [2.75, 3.05) is 0 Å². The Hall–Kier alpha value is -2.15. The minimum Gasteiger partial charge on any atom is -0.464 e. The molecule has 0 saturated carbocycles. The maximum absolute atomic E-state index is 11.4. The van der Waals surface area contributed by atoms with E-state index in [2.05, 4.69) is 0 Å². The standard InChI is InChI=1S/C11H13N3O4/c1-6-8(11(17)13-12)4-7(18-6)5-14-9(15)2-3-10(14)16/h4H,2-3,5,12H2,1H3,(H,13,17). The summed E-state index contributed by atoms with van der Waals surface area (Å²) < 4.78 is 5.33. The number of carbonyl (C=O) groups excluding carboxylic acids is 3. The number of hydrogen-bond donors (Lipinski definition) is 2. The summed E-state index contributed by atoms with van der Waals surface area (Å²) in [6, 6.07) is 1.48. The van der Waals surface area contributed by atoms with E-state index < -0.39 is 5.91 Å². The molecule has 2 heterocycles. The van der Waals surface area contributed by atoms with Gasteiger partial charge in [-0.1, -0.05) is 0 Å². The predicted molar refractivity (Wildman–Crippen MR) is 59.9 cm³/mol. The molecule has 7 nitrogen and oxygen atoms in total. The molecule has 96 valence electrons. The summed E-state index contributed by atoms with van der Waals surface area (Å²) in [6.45, 7) is 1.66. The minimum absolute atomic E-state index is 0.0519. The molecule has 0 aliphatic carbocycles. The van der Waals surface area contributed by atoms with E-state index in [1.165, 1.54) is 6.07 Å².